The van der Waals surface area contributed by atoms with Gasteiger partial charge >= 0.3 is 0 Å². The van der Waals surface area contributed by atoms with Crippen LogP contribution in [0.4, 0.5) is 0 Å². The van der Waals surface area contributed by atoms with Crippen LogP contribution in [0.1, 0.15) is 6.42 Å². The summed E-state index contributed by atoms with van der Waals surface area (Å²) in [5.41, 5.74) is 0.733. The summed E-state index contributed by atoms with van der Waals surface area (Å²) < 4.78 is 0.948. The zero-order valence-electron chi connectivity index (χ0n) is 5.38. The van der Waals surface area contributed by atoms with E-state index in [-0.39, 0.29) is 0 Å². The molecule has 0 aromatic heterocycles. The molecule has 2 heteroatoms. The number of carbonyl (C=O) groups is 1. The van der Waals surface area contributed by atoms with Crippen molar-refractivity contribution in [3.63, 3.8) is 0 Å². The van der Waals surface area contributed by atoms with Crippen molar-refractivity contribution < 1.29 is 4.79 Å². The summed E-state index contributed by atoms with van der Waals surface area (Å²) in [6, 6.07) is 0. The Morgan fingerprint density at radius 2 is 2.40 bits per heavy atom. The normalized spacial score (nSPS) is 17.3. The van der Waals surface area contributed by atoms with E-state index in [1.807, 2.05) is 18.2 Å². The van der Waals surface area contributed by atoms with Crippen molar-refractivity contribution in [3.05, 3.63) is 34.4 Å². The van der Waals surface area contributed by atoms with Gasteiger partial charge in [-0.15, -0.1) is 0 Å². The van der Waals surface area contributed by atoms with Crippen LogP contribution in [-0.4, -0.2) is 6.29 Å². The molecule has 0 amide bonds. The van der Waals surface area contributed by atoms with Crippen LogP contribution in [0.5, 0.6) is 0 Å². The topological polar surface area (TPSA) is 17.1 Å². The smallest absolute Gasteiger partial charge is 0.149 e. The maximum Gasteiger partial charge on any atom is 0.149 e. The third kappa shape index (κ3) is 1.95. The lowest BCUT2D eigenvalue weighted by Gasteiger charge is -1.85. The first-order valence-electron chi connectivity index (χ1n) is 3.02. The Labute approximate surface area is 68.2 Å². The zero-order valence-corrected chi connectivity index (χ0v) is 6.97. The number of aldehydes is 1. The Bertz CT molecular complexity index is 223. The first-order valence-corrected chi connectivity index (χ1v) is 3.81. The standard InChI is InChI=1S/C8H7BrO/c9-8-4-2-1-3-7(5-8)6-10/h2-6H,1H2. The molecular formula is C8H7BrO. The molecule has 0 fully saturated rings. The molecule has 10 heavy (non-hydrogen) atoms. The predicted octanol–water partition coefficient (Wildman–Crippen LogP) is 2.35. The molecule has 0 bridgehead atoms. The molecule has 0 heterocycles. The van der Waals surface area contributed by atoms with Gasteiger partial charge in [0, 0.05) is 10.1 Å². The summed E-state index contributed by atoms with van der Waals surface area (Å²) in [5, 5.41) is 0. The molecule has 1 aliphatic carbocycles. The van der Waals surface area contributed by atoms with Gasteiger partial charge in [-0.05, 0) is 12.5 Å². The van der Waals surface area contributed by atoms with Gasteiger partial charge in [-0.25, -0.2) is 0 Å². The molecule has 0 aromatic rings. The summed E-state index contributed by atoms with van der Waals surface area (Å²) in [5.74, 6) is 0. The van der Waals surface area contributed by atoms with E-state index in [0.29, 0.717) is 0 Å². The molecule has 0 saturated carbocycles. The molecule has 0 saturated heterocycles. The quantitative estimate of drug-likeness (QED) is 0.592. The number of hydrogen-bond acceptors (Lipinski definition) is 1. The van der Waals surface area contributed by atoms with Crippen molar-refractivity contribution in [1.29, 1.82) is 0 Å². The molecule has 0 aromatic carbocycles. The van der Waals surface area contributed by atoms with E-state index in [1.165, 1.54) is 0 Å². The molecule has 1 nitrogen and oxygen atoms in total. The minimum absolute atomic E-state index is 0.733. The van der Waals surface area contributed by atoms with Gasteiger partial charge in [0.25, 0.3) is 0 Å². The van der Waals surface area contributed by atoms with Crippen LogP contribution in [0.3, 0.4) is 0 Å². The fourth-order valence-corrected chi connectivity index (χ4v) is 1.18. The van der Waals surface area contributed by atoms with Gasteiger partial charge in [0.15, 0.2) is 0 Å². The first kappa shape index (κ1) is 7.48. The summed E-state index contributed by atoms with van der Waals surface area (Å²) in [6.07, 6.45) is 9.31. The second-order valence-corrected chi connectivity index (χ2v) is 2.90. The second kappa shape index (κ2) is 3.52. The maximum atomic E-state index is 10.3. The first-order chi connectivity index (χ1) is 4.83. The summed E-state index contributed by atoms with van der Waals surface area (Å²) in [4.78, 5) is 10.3. The fourth-order valence-electron chi connectivity index (χ4n) is 0.733. The van der Waals surface area contributed by atoms with Gasteiger partial charge < -0.3 is 0 Å². The predicted molar refractivity (Wildman–Crippen MR) is 44.9 cm³/mol. The van der Waals surface area contributed by atoms with E-state index in [4.69, 9.17) is 0 Å². The van der Waals surface area contributed by atoms with Gasteiger partial charge in [0.05, 0.1) is 0 Å². The summed E-state index contributed by atoms with van der Waals surface area (Å²) in [7, 11) is 0. The average Bonchev–Trinajstić information content (AvgIpc) is 2.13. The molecule has 0 unspecified atom stereocenters. The van der Waals surface area contributed by atoms with Crippen LogP contribution in [0, 0.1) is 0 Å². The number of carbonyl (C=O) groups excluding carboxylic acids is 1. The molecular weight excluding hydrogens is 192 g/mol. The average molecular weight is 199 g/mol. The Morgan fingerprint density at radius 1 is 1.60 bits per heavy atom. The highest BCUT2D eigenvalue weighted by Gasteiger charge is 1.93. The molecule has 0 N–H and O–H groups in total. The number of halogens is 1. The minimum atomic E-state index is 0.733. The molecule has 0 aliphatic heterocycles. The summed E-state index contributed by atoms with van der Waals surface area (Å²) in [6.45, 7) is 0. The molecule has 1 rings (SSSR count). The highest BCUT2D eigenvalue weighted by atomic mass is 79.9. The molecule has 1 aliphatic rings. The van der Waals surface area contributed by atoms with Crippen LogP contribution in [0.2, 0.25) is 0 Å². The highest BCUT2D eigenvalue weighted by molar-refractivity contribution is 9.11. The van der Waals surface area contributed by atoms with Gasteiger partial charge in [-0.2, -0.15) is 0 Å². The van der Waals surface area contributed by atoms with Crippen LogP contribution in [0.15, 0.2) is 34.4 Å². The van der Waals surface area contributed by atoms with Gasteiger partial charge in [0.2, 0.25) is 0 Å². The van der Waals surface area contributed by atoms with Gasteiger partial charge in [-0.1, -0.05) is 34.2 Å². The van der Waals surface area contributed by atoms with Crippen LogP contribution >= 0.6 is 15.9 Å². The highest BCUT2D eigenvalue weighted by Crippen LogP contribution is 2.14. The molecule has 0 atom stereocenters. The molecule has 52 valence electrons. The summed E-state index contributed by atoms with van der Waals surface area (Å²) >= 11 is 3.29. The van der Waals surface area contributed by atoms with E-state index in [2.05, 4.69) is 15.9 Å². The van der Waals surface area contributed by atoms with Gasteiger partial charge in [0.1, 0.15) is 6.29 Å². The van der Waals surface area contributed by atoms with Crippen molar-refractivity contribution >= 4 is 22.2 Å². The SMILES string of the molecule is O=CC1=CCC=CC(Br)=C1. The molecule has 0 spiro atoms. The van der Waals surface area contributed by atoms with Crippen molar-refractivity contribution in [1.82, 2.24) is 0 Å². The fraction of sp³-hybridized carbons (Fsp3) is 0.125. The lowest BCUT2D eigenvalue weighted by atomic mass is 10.2. The van der Waals surface area contributed by atoms with Crippen LogP contribution in [0.25, 0.3) is 0 Å². The van der Waals surface area contributed by atoms with Gasteiger partial charge in [-0.3, -0.25) is 4.79 Å². The van der Waals surface area contributed by atoms with Crippen molar-refractivity contribution in [3.8, 4) is 0 Å². The van der Waals surface area contributed by atoms with E-state index in [1.54, 1.807) is 6.08 Å². The van der Waals surface area contributed by atoms with Crippen LogP contribution < -0.4 is 0 Å². The van der Waals surface area contributed by atoms with E-state index < -0.39 is 0 Å². The third-order valence-electron chi connectivity index (χ3n) is 1.21. The van der Waals surface area contributed by atoms with Crippen LogP contribution in [-0.2, 0) is 4.79 Å². The van der Waals surface area contributed by atoms with Crippen molar-refractivity contribution in [2.45, 2.75) is 6.42 Å². The Hall–Kier alpha value is -0.630. The van der Waals surface area contributed by atoms with Crippen molar-refractivity contribution in [2.75, 3.05) is 0 Å². The maximum absolute atomic E-state index is 10.3. The third-order valence-corrected chi connectivity index (χ3v) is 1.70. The Balaban J connectivity index is 2.87. The second-order valence-electron chi connectivity index (χ2n) is 1.99. The monoisotopic (exact) mass is 198 g/mol. The largest absolute Gasteiger partial charge is 0.298 e. The number of hydrogen-bond donors (Lipinski definition) is 0. The van der Waals surface area contributed by atoms with Crippen molar-refractivity contribution in [2.24, 2.45) is 0 Å². The lowest BCUT2D eigenvalue weighted by Crippen LogP contribution is -1.76. The number of rotatable bonds is 1. The number of allylic oxidation sites excluding steroid dienone is 6. The Kier molecular flexibility index (Phi) is 2.63. The Morgan fingerprint density at radius 3 is 3.10 bits per heavy atom. The van der Waals surface area contributed by atoms with E-state index >= 15 is 0 Å². The lowest BCUT2D eigenvalue weighted by molar-refractivity contribution is -0.104. The zero-order chi connectivity index (χ0) is 7.40. The van der Waals surface area contributed by atoms with E-state index in [9.17, 15) is 4.79 Å². The molecule has 0 radical (unpaired) electrons. The van der Waals surface area contributed by atoms with E-state index in [0.717, 1.165) is 22.8 Å². The minimum Gasteiger partial charge on any atom is -0.298 e.